The van der Waals surface area contributed by atoms with Crippen LogP contribution in [0, 0.1) is 5.92 Å². The lowest BCUT2D eigenvalue weighted by atomic mass is 9.88. The van der Waals surface area contributed by atoms with Crippen molar-refractivity contribution in [2.45, 2.75) is 32.2 Å². The zero-order chi connectivity index (χ0) is 15.2. The Balaban J connectivity index is 1.98. The molecule has 1 aliphatic heterocycles. The van der Waals surface area contributed by atoms with Crippen molar-refractivity contribution in [2.75, 3.05) is 20.2 Å². The van der Waals surface area contributed by atoms with E-state index < -0.39 is 0 Å². The average molecular weight is 292 g/mol. The number of aromatic hydroxyl groups is 1. The molecule has 1 aromatic carbocycles. The smallest absolute Gasteiger partial charge is 0.255 e. The standard InChI is InChI=1S/C16H24N2O3/c1-3-11-5-4-8-17-14(11)10-18-16(20)13-9-12(21-2)6-7-15(13)19/h6-7,9,11,14,17,19H,3-5,8,10H2,1-2H3,(H,18,20). The van der Waals surface area contributed by atoms with Crippen LogP contribution in [0.4, 0.5) is 0 Å². The van der Waals surface area contributed by atoms with E-state index >= 15 is 0 Å². The molecule has 0 aromatic heterocycles. The number of benzene rings is 1. The topological polar surface area (TPSA) is 70.6 Å². The van der Waals surface area contributed by atoms with Gasteiger partial charge >= 0.3 is 0 Å². The molecule has 0 saturated carbocycles. The van der Waals surface area contributed by atoms with Gasteiger partial charge in [-0.3, -0.25) is 4.79 Å². The first-order valence-corrected chi connectivity index (χ1v) is 7.54. The Hall–Kier alpha value is -1.75. The van der Waals surface area contributed by atoms with E-state index in [1.807, 2.05) is 0 Å². The fourth-order valence-corrected chi connectivity index (χ4v) is 2.87. The quantitative estimate of drug-likeness (QED) is 0.775. The van der Waals surface area contributed by atoms with Gasteiger partial charge < -0.3 is 20.5 Å². The number of rotatable bonds is 5. The van der Waals surface area contributed by atoms with Crippen LogP contribution < -0.4 is 15.4 Å². The largest absolute Gasteiger partial charge is 0.507 e. The molecule has 1 aromatic rings. The van der Waals surface area contributed by atoms with Crippen LogP contribution in [0.5, 0.6) is 11.5 Å². The van der Waals surface area contributed by atoms with Crippen molar-refractivity contribution in [1.29, 1.82) is 0 Å². The number of carbonyl (C=O) groups is 1. The number of carbonyl (C=O) groups excluding carboxylic acids is 1. The van der Waals surface area contributed by atoms with E-state index in [1.165, 1.54) is 26.0 Å². The molecule has 0 spiro atoms. The molecule has 0 aliphatic carbocycles. The minimum absolute atomic E-state index is 0.0306. The Bertz CT molecular complexity index is 490. The number of hydrogen-bond donors (Lipinski definition) is 3. The molecule has 1 amide bonds. The van der Waals surface area contributed by atoms with E-state index in [4.69, 9.17) is 4.74 Å². The van der Waals surface area contributed by atoms with Gasteiger partial charge in [-0.15, -0.1) is 0 Å². The summed E-state index contributed by atoms with van der Waals surface area (Å²) in [6.45, 7) is 3.76. The summed E-state index contributed by atoms with van der Waals surface area (Å²) in [7, 11) is 1.53. The Morgan fingerprint density at radius 2 is 2.33 bits per heavy atom. The summed E-state index contributed by atoms with van der Waals surface area (Å²) < 4.78 is 5.09. The van der Waals surface area contributed by atoms with Crippen LogP contribution >= 0.6 is 0 Å². The summed E-state index contributed by atoms with van der Waals surface area (Å²) in [4.78, 5) is 12.2. The van der Waals surface area contributed by atoms with Crippen molar-refractivity contribution < 1.29 is 14.6 Å². The van der Waals surface area contributed by atoms with E-state index in [1.54, 1.807) is 12.1 Å². The number of nitrogens with one attached hydrogen (secondary N) is 2. The predicted octanol–water partition coefficient (Wildman–Crippen LogP) is 1.91. The van der Waals surface area contributed by atoms with Gasteiger partial charge in [0, 0.05) is 12.6 Å². The molecule has 2 rings (SSSR count). The van der Waals surface area contributed by atoms with Crippen molar-refractivity contribution in [1.82, 2.24) is 10.6 Å². The Labute approximate surface area is 125 Å². The Kier molecular flexibility index (Phi) is 5.44. The van der Waals surface area contributed by atoms with Gasteiger partial charge in [0.2, 0.25) is 0 Å². The molecule has 2 atom stereocenters. The maximum atomic E-state index is 12.2. The van der Waals surface area contributed by atoms with Crippen LogP contribution in [0.1, 0.15) is 36.5 Å². The molecule has 5 heteroatoms. The van der Waals surface area contributed by atoms with E-state index in [-0.39, 0.29) is 17.2 Å². The van der Waals surface area contributed by atoms with Crippen LogP contribution in [0.15, 0.2) is 18.2 Å². The molecule has 116 valence electrons. The monoisotopic (exact) mass is 292 g/mol. The van der Waals surface area contributed by atoms with Crippen molar-refractivity contribution in [3.8, 4) is 11.5 Å². The lowest BCUT2D eigenvalue weighted by Gasteiger charge is -2.32. The van der Waals surface area contributed by atoms with Crippen molar-refractivity contribution in [2.24, 2.45) is 5.92 Å². The van der Waals surface area contributed by atoms with Crippen LogP contribution in [-0.4, -0.2) is 37.3 Å². The summed E-state index contributed by atoms with van der Waals surface area (Å²) in [6.07, 6.45) is 3.51. The number of phenols is 1. The summed E-state index contributed by atoms with van der Waals surface area (Å²) in [5.41, 5.74) is 0.248. The highest BCUT2D eigenvalue weighted by molar-refractivity contribution is 5.97. The van der Waals surface area contributed by atoms with E-state index in [9.17, 15) is 9.90 Å². The Morgan fingerprint density at radius 1 is 1.52 bits per heavy atom. The molecular weight excluding hydrogens is 268 g/mol. The van der Waals surface area contributed by atoms with Crippen LogP contribution in [-0.2, 0) is 0 Å². The van der Waals surface area contributed by atoms with Crippen LogP contribution in [0.25, 0.3) is 0 Å². The molecule has 1 fully saturated rings. The van der Waals surface area contributed by atoms with Gasteiger partial charge in [0.25, 0.3) is 5.91 Å². The van der Waals surface area contributed by atoms with Crippen LogP contribution in [0.3, 0.4) is 0 Å². The molecule has 1 saturated heterocycles. The molecule has 2 unspecified atom stereocenters. The number of phenolic OH excluding ortho intramolecular Hbond substituents is 1. The van der Waals surface area contributed by atoms with E-state index in [0.29, 0.717) is 24.3 Å². The first-order chi connectivity index (χ1) is 10.2. The average Bonchev–Trinajstić information content (AvgIpc) is 2.53. The number of ether oxygens (including phenoxy) is 1. The highest BCUT2D eigenvalue weighted by Crippen LogP contribution is 2.23. The molecule has 21 heavy (non-hydrogen) atoms. The Morgan fingerprint density at radius 3 is 3.05 bits per heavy atom. The molecular formula is C16H24N2O3. The third-order valence-corrected chi connectivity index (χ3v) is 4.18. The molecule has 3 N–H and O–H groups in total. The second-order valence-electron chi connectivity index (χ2n) is 5.46. The number of amides is 1. The fraction of sp³-hybridized carbons (Fsp3) is 0.562. The van der Waals surface area contributed by atoms with Crippen molar-refractivity contribution >= 4 is 5.91 Å². The first-order valence-electron chi connectivity index (χ1n) is 7.54. The molecule has 1 heterocycles. The summed E-state index contributed by atoms with van der Waals surface area (Å²) in [5, 5.41) is 16.2. The highest BCUT2D eigenvalue weighted by atomic mass is 16.5. The molecule has 0 bridgehead atoms. The van der Waals surface area contributed by atoms with Crippen LogP contribution in [0.2, 0.25) is 0 Å². The van der Waals surface area contributed by atoms with Gasteiger partial charge in [-0.1, -0.05) is 13.3 Å². The zero-order valence-electron chi connectivity index (χ0n) is 12.7. The normalized spacial score (nSPS) is 21.8. The van der Waals surface area contributed by atoms with Gasteiger partial charge in [-0.2, -0.15) is 0 Å². The summed E-state index contributed by atoms with van der Waals surface area (Å²) in [6, 6.07) is 4.96. The lowest BCUT2D eigenvalue weighted by molar-refractivity contribution is 0.0939. The first kappa shape index (κ1) is 15.6. The van der Waals surface area contributed by atoms with Gasteiger partial charge in [0.05, 0.1) is 12.7 Å². The third-order valence-electron chi connectivity index (χ3n) is 4.18. The lowest BCUT2D eigenvalue weighted by Crippen LogP contribution is -2.48. The van der Waals surface area contributed by atoms with Crippen molar-refractivity contribution in [3.63, 3.8) is 0 Å². The minimum atomic E-state index is -0.270. The van der Waals surface area contributed by atoms with Crippen molar-refractivity contribution in [3.05, 3.63) is 23.8 Å². The SMILES string of the molecule is CCC1CCCNC1CNC(=O)c1cc(OC)ccc1O. The third kappa shape index (κ3) is 3.88. The van der Waals surface area contributed by atoms with Gasteiger partial charge in [0.15, 0.2) is 0 Å². The zero-order valence-corrected chi connectivity index (χ0v) is 12.7. The number of piperidine rings is 1. The van der Waals surface area contributed by atoms with E-state index in [2.05, 4.69) is 17.6 Å². The molecule has 5 nitrogen and oxygen atoms in total. The summed E-state index contributed by atoms with van der Waals surface area (Å²) in [5.74, 6) is 0.851. The number of hydrogen-bond acceptors (Lipinski definition) is 4. The molecule has 0 radical (unpaired) electrons. The van der Waals surface area contributed by atoms with Gasteiger partial charge in [-0.25, -0.2) is 0 Å². The predicted molar refractivity (Wildman–Crippen MR) is 81.8 cm³/mol. The van der Waals surface area contributed by atoms with E-state index in [0.717, 1.165) is 13.0 Å². The summed E-state index contributed by atoms with van der Waals surface area (Å²) >= 11 is 0. The van der Waals surface area contributed by atoms with Gasteiger partial charge in [-0.05, 0) is 43.5 Å². The maximum Gasteiger partial charge on any atom is 0.255 e. The maximum absolute atomic E-state index is 12.2. The molecule has 1 aliphatic rings. The minimum Gasteiger partial charge on any atom is -0.507 e. The van der Waals surface area contributed by atoms with Gasteiger partial charge in [0.1, 0.15) is 11.5 Å². The second kappa shape index (κ2) is 7.31. The second-order valence-corrected chi connectivity index (χ2v) is 5.46. The highest BCUT2D eigenvalue weighted by Gasteiger charge is 2.24. The number of methoxy groups -OCH3 is 1. The fourth-order valence-electron chi connectivity index (χ4n) is 2.87.